The largest absolute Gasteiger partial charge is 0.466 e. The van der Waals surface area contributed by atoms with Gasteiger partial charge in [-0.15, -0.1) is 0 Å². The number of ether oxygens (including phenoxy) is 1. The number of hydrogen-bond donors (Lipinski definition) is 0. The lowest BCUT2D eigenvalue weighted by atomic mass is 10.1. The van der Waals surface area contributed by atoms with Crippen molar-refractivity contribution in [3.8, 4) is 0 Å². The van der Waals surface area contributed by atoms with E-state index >= 15 is 0 Å². The van der Waals surface area contributed by atoms with Crippen LogP contribution in [-0.4, -0.2) is 12.6 Å². The Hall–Kier alpha value is -0.530. The van der Waals surface area contributed by atoms with Crippen LogP contribution in [0, 0.1) is 6.92 Å². The molecule has 0 aromatic carbocycles. The maximum Gasteiger partial charge on any atom is 0.305 e. The molecular formula is C12H23O2. The van der Waals surface area contributed by atoms with Crippen LogP contribution in [0.2, 0.25) is 0 Å². The van der Waals surface area contributed by atoms with Crippen molar-refractivity contribution in [2.45, 2.75) is 58.3 Å². The minimum absolute atomic E-state index is 0.103. The van der Waals surface area contributed by atoms with Crippen molar-refractivity contribution in [2.24, 2.45) is 0 Å². The monoisotopic (exact) mass is 199 g/mol. The van der Waals surface area contributed by atoms with E-state index in [9.17, 15) is 4.79 Å². The normalized spacial score (nSPS) is 10.1. The number of carbonyl (C=O) groups is 1. The fourth-order valence-corrected chi connectivity index (χ4v) is 1.41. The highest BCUT2D eigenvalue weighted by atomic mass is 16.5. The van der Waals surface area contributed by atoms with Crippen LogP contribution in [-0.2, 0) is 9.53 Å². The van der Waals surface area contributed by atoms with Gasteiger partial charge < -0.3 is 4.74 Å². The van der Waals surface area contributed by atoms with E-state index < -0.39 is 0 Å². The first-order chi connectivity index (χ1) is 6.81. The third-order valence-electron chi connectivity index (χ3n) is 2.25. The summed E-state index contributed by atoms with van der Waals surface area (Å²) >= 11 is 0. The summed E-state index contributed by atoms with van der Waals surface area (Å²) in [5.41, 5.74) is 0. The first kappa shape index (κ1) is 13.5. The molecule has 0 bridgehead atoms. The van der Waals surface area contributed by atoms with Gasteiger partial charge in [-0.1, -0.05) is 45.4 Å². The topological polar surface area (TPSA) is 26.3 Å². The molecule has 83 valence electrons. The number of esters is 1. The Morgan fingerprint density at radius 1 is 1.07 bits per heavy atom. The Kier molecular flexibility index (Phi) is 10.2. The zero-order valence-corrected chi connectivity index (χ0v) is 9.39. The zero-order valence-electron chi connectivity index (χ0n) is 9.39. The van der Waals surface area contributed by atoms with E-state index in [2.05, 4.69) is 13.8 Å². The molecule has 0 fully saturated rings. The molecule has 0 rings (SSSR count). The standard InChI is InChI=1S/C12H23O2/c1-3-5-6-7-8-9-10-11-12(13)14-4-2/h2-11H2,1H3. The number of rotatable bonds is 9. The van der Waals surface area contributed by atoms with Gasteiger partial charge in [-0.05, 0) is 13.3 Å². The molecule has 0 amide bonds. The second-order valence-corrected chi connectivity index (χ2v) is 3.59. The lowest BCUT2D eigenvalue weighted by Gasteiger charge is -2.01. The van der Waals surface area contributed by atoms with E-state index in [1.165, 1.54) is 32.1 Å². The molecule has 14 heavy (non-hydrogen) atoms. The summed E-state index contributed by atoms with van der Waals surface area (Å²) in [5, 5.41) is 0. The summed E-state index contributed by atoms with van der Waals surface area (Å²) < 4.78 is 4.74. The van der Waals surface area contributed by atoms with Crippen LogP contribution >= 0.6 is 0 Å². The van der Waals surface area contributed by atoms with Crippen LogP contribution in [0.5, 0.6) is 0 Å². The fourth-order valence-electron chi connectivity index (χ4n) is 1.41. The molecule has 0 spiro atoms. The molecule has 0 aliphatic rings. The quantitative estimate of drug-likeness (QED) is 0.419. The lowest BCUT2D eigenvalue weighted by molar-refractivity contribution is -0.142. The number of hydrogen-bond acceptors (Lipinski definition) is 2. The SMILES string of the molecule is [CH2]COC(=O)CCCCCCCCC. The van der Waals surface area contributed by atoms with Gasteiger partial charge in [-0.25, -0.2) is 0 Å². The van der Waals surface area contributed by atoms with Gasteiger partial charge in [0.15, 0.2) is 0 Å². The van der Waals surface area contributed by atoms with Crippen molar-refractivity contribution < 1.29 is 9.53 Å². The van der Waals surface area contributed by atoms with Crippen LogP contribution in [0.1, 0.15) is 58.3 Å². The predicted octanol–water partition coefficient (Wildman–Crippen LogP) is 3.50. The number of unbranched alkanes of at least 4 members (excludes halogenated alkanes) is 6. The summed E-state index contributed by atoms with van der Waals surface area (Å²) in [6.45, 7) is 5.94. The van der Waals surface area contributed by atoms with Gasteiger partial charge in [0.1, 0.15) is 0 Å². The molecule has 0 aromatic heterocycles. The molecular weight excluding hydrogens is 176 g/mol. The van der Waals surface area contributed by atoms with Crippen molar-refractivity contribution in [3.63, 3.8) is 0 Å². The highest BCUT2D eigenvalue weighted by Crippen LogP contribution is 2.08. The van der Waals surface area contributed by atoms with Crippen molar-refractivity contribution in [3.05, 3.63) is 6.92 Å². The minimum Gasteiger partial charge on any atom is -0.466 e. The zero-order chi connectivity index (χ0) is 10.6. The molecule has 0 N–H and O–H groups in total. The van der Waals surface area contributed by atoms with Crippen molar-refractivity contribution in [1.29, 1.82) is 0 Å². The van der Waals surface area contributed by atoms with Crippen molar-refractivity contribution >= 4 is 5.97 Å². The van der Waals surface area contributed by atoms with Crippen molar-refractivity contribution in [2.75, 3.05) is 6.61 Å². The molecule has 0 unspecified atom stereocenters. The predicted molar refractivity (Wildman–Crippen MR) is 58.9 cm³/mol. The molecule has 0 saturated heterocycles. The fraction of sp³-hybridized carbons (Fsp3) is 0.833. The average molecular weight is 199 g/mol. The van der Waals surface area contributed by atoms with Crippen molar-refractivity contribution in [1.82, 2.24) is 0 Å². The molecule has 2 nitrogen and oxygen atoms in total. The maximum absolute atomic E-state index is 10.9. The third kappa shape index (κ3) is 9.56. The highest BCUT2D eigenvalue weighted by molar-refractivity contribution is 5.69. The van der Waals surface area contributed by atoms with E-state index in [0.717, 1.165) is 12.8 Å². The van der Waals surface area contributed by atoms with Crippen LogP contribution < -0.4 is 0 Å². The number of carbonyl (C=O) groups excluding carboxylic acids is 1. The molecule has 2 heteroatoms. The molecule has 0 heterocycles. The van der Waals surface area contributed by atoms with Gasteiger partial charge in [0.05, 0.1) is 6.61 Å². The minimum atomic E-state index is -0.103. The van der Waals surface area contributed by atoms with Gasteiger partial charge in [-0.2, -0.15) is 0 Å². The van der Waals surface area contributed by atoms with Crippen LogP contribution in [0.25, 0.3) is 0 Å². The second-order valence-electron chi connectivity index (χ2n) is 3.59. The summed E-state index contributed by atoms with van der Waals surface area (Å²) in [5.74, 6) is -0.103. The highest BCUT2D eigenvalue weighted by Gasteiger charge is 2.00. The Morgan fingerprint density at radius 3 is 2.21 bits per heavy atom. The Morgan fingerprint density at radius 2 is 1.64 bits per heavy atom. The van der Waals surface area contributed by atoms with E-state index in [4.69, 9.17) is 4.74 Å². The molecule has 0 aliphatic carbocycles. The van der Waals surface area contributed by atoms with Crippen LogP contribution in [0.3, 0.4) is 0 Å². The van der Waals surface area contributed by atoms with Gasteiger partial charge in [-0.3, -0.25) is 4.79 Å². The van der Waals surface area contributed by atoms with Gasteiger partial charge >= 0.3 is 5.97 Å². The van der Waals surface area contributed by atoms with Crippen LogP contribution in [0.4, 0.5) is 0 Å². The summed E-state index contributed by atoms with van der Waals surface area (Å²) in [6.07, 6.45) is 9.18. The van der Waals surface area contributed by atoms with Crippen LogP contribution in [0.15, 0.2) is 0 Å². The third-order valence-corrected chi connectivity index (χ3v) is 2.25. The molecule has 0 aliphatic heterocycles. The first-order valence-corrected chi connectivity index (χ1v) is 5.76. The average Bonchev–Trinajstić information content (AvgIpc) is 2.17. The Balaban J connectivity index is 3.01. The van der Waals surface area contributed by atoms with E-state index in [-0.39, 0.29) is 12.6 Å². The maximum atomic E-state index is 10.9. The molecule has 1 radical (unpaired) electrons. The Bertz CT molecular complexity index is 132. The van der Waals surface area contributed by atoms with E-state index in [1.807, 2.05) is 0 Å². The molecule has 0 saturated carbocycles. The second kappa shape index (κ2) is 10.6. The summed E-state index contributed by atoms with van der Waals surface area (Å²) in [7, 11) is 0. The lowest BCUT2D eigenvalue weighted by Crippen LogP contribution is -2.03. The van der Waals surface area contributed by atoms with E-state index in [0.29, 0.717) is 6.42 Å². The van der Waals surface area contributed by atoms with Gasteiger partial charge in [0.25, 0.3) is 0 Å². The Labute approximate surface area is 88.0 Å². The summed E-state index contributed by atoms with van der Waals surface area (Å²) in [6, 6.07) is 0. The first-order valence-electron chi connectivity index (χ1n) is 5.76. The molecule has 0 atom stereocenters. The van der Waals surface area contributed by atoms with Gasteiger partial charge in [0.2, 0.25) is 0 Å². The van der Waals surface area contributed by atoms with E-state index in [1.54, 1.807) is 0 Å². The summed E-state index contributed by atoms with van der Waals surface area (Å²) in [4.78, 5) is 10.9. The smallest absolute Gasteiger partial charge is 0.305 e. The van der Waals surface area contributed by atoms with Gasteiger partial charge in [0, 0.05) is 6.42 Å². The molecule has 0 aromatic rings.